The van der Waals surface area contributed by atoms with Gasteiger partial charge in [0.1, 0.15) is 11.7 Å². The average molecular weight is 448 g/mol. The van der Waals surface area contributed by atoms with Crippen molar-refractivity contribution in [3.63, 3.8) is 0 Å². The zero-order chi connectivity index (χ0) is 20.2. The second kappa shape index (κ2) is 6.55. The first-order valence-electron chi connectivity index (χ1n) is 9.10. The summed E-state index contributed by atoms with van der Waals surface area (Å²) >= 11 is 3.38. The Balaban J connectivity index is 1.98. The van der Waals surface area contributed by atoms with Crippen molar-refractivity contribution in [2.45, 2.75) is 38.7 Å². The molecule has 0 bridgehead atoms. The number of halogens is 1. The number of amides is 2. The predicted octanol–water partition coefficient (Wildman–Crippen LogP) is 2.75. The summed E-state index contributed by atoms with van der Waals surface area (Å²) < 4.78 is 12.0. The molecule has 1 aliphatic carbocycles. The number of imide groups is 1. The molecule has 8 heteroatoms. The van der Waals surface area contributed by atoms with Gasteiger partial charge in [0.15, 0.2) is 5.78 Å². The number of allylic oxidation sites excluding steroid dienone is 1. The average Bonchev–Trinajstić information content (AvgIpc) is 3.11. The molecule has 0 aromatic heterocycles. The molecule has 2 atom stereocenters. The van der Waals surface area contributed by atoms with Crippen molar-refractivity contribution in [3.8, 4) is 0 Å². The molecular formula is C20H18BrNO6. The molecule has 7 nitrogen and oxygen atoms in total. The lowest BCUT2D eigenvalue weighted by Crippen LogP contribution is -2.49. The minimum absolute atomic E-state index is 0.0954. The lowest BCUT2D eigenvalue weighted by atomic mass is 9.76. The van der Waals surface area contributed by atoms with Gasteiger partial charge in [0, 0.05) is 29.8 Å². The summed E-state index contributed by atoms with van der Waals surface area (Å²) in [5.41, 5.74) is -0.874. The van der Waals surface area contributed by atoms with Crippen LogP contribution in [0.5, 0.6) is 0 Å². The summed E-state index contributed by atoms with van der Waals surface area (Å²) in [6.45, 7) is 3.02. The monoisotopic (exact) mass is 447 g/mol. The molecule has 2 heterocycles. The molecule has 0 fully saturated rings. The highest BCUT2D eigenvalue weighted by Gasteiger charge is 2.67. The molecule has 0 N–H and O–H groups in total. The number of hydrogen-bond acceptors (Lipinski definition) is 6. The van der Waals surface area contributed by atoms with E-state index in [-0.39, 0.29) is 24.4 Å². The van der Waals surface area contributed by atoms with E-state index in [9.17, 15) is 19.2 Å². The molecule has 1 aromatic carbocycles. The number of hydrogen-bond donors (Lipinski definition) is 0. The van der Waals surface area contributed by atoms with Crippen LogP contribution in [0.25, 0.3) is 0 Å². The molecule has 4 rings (SSSR count). The number of nitrogens with zero attached hydrogens (tertiary/aromatic N) is 1. The number of ether oxygens (including phenoxy) is 2. The van der Waals surface area contributed by atoms with Crippen LogP contribution in [0.4, 0.5) is 5.69 Å². The summed E-state index contributed by atoms with van der Waals surface area (Å²) in [6, 6.07) is 4.98. The number of carbonyl (C=O) groups excluding carboxylic acids is 4. The Morgan fingerprint density at radius 3 is 2.75 bits per heavy atom. The van der Waals surface area contributed by atoms with Gasteiger partial charge in [0.25, 0.3) is 5.91 Å². The van der Waals surface area contributed by atoms with Crippen molar-refractivity contribution in [1.82, 2.24) is 0 Å². The fourth-order valence-corrected chi connectivity index (χ4v) is 4.67. The zero-order valence-corrected chi connectivity index (χ0v) is 17.0. The zero-order valence-electron chi connectivity index (χ0n) is 15.4. The first-order chi connectivity index (χ1) is 13.3. The normalized spacial score (nSPS) is 25.7. The van der Waals surface area contributed by atoms with E-state index in [1.807, 2.05) is 0 Å². The van der Waals surface area contributed by atoms with Crippen LogP contribution in [0.2, 0.25) is 0 Å². The SMILES string of the molecule is CCOC(=O)C1C2=C(CCCC2=O)OC12C(=O)N(C(C)=O)c1ccc(Br)cc12. The van der Waals surface area contributed by atoms with E-state index >= 15 is 0 Å². The number of fused-ring (bicyclic) bond motifs is 2. The fraction of sp³-hybridized carbons (Fsp3) is 0.400. The van der Waals surface area contributed by atoms with E-state index in [0.717, 1.165) is 4.90 Å². The Kier molecular flexibility index (Phi) is 4.41. The van der Waals surface area contributed by atoms with Crippen molar-refractivity contribution < 1.29 is 28.7 Å². The summed E-state index contributed by atoms with van der Waals surface area (Å²) in [7, 11) is 0. The van der Waals surface area contributed by atoms with Crippen LogP contribution in [0, 0.1) is 5.92 Å². The van der Waals surface area contributed by atoms with Gasteiger partial charge in [0.2, 0.25) is 11.5 Å². The van der Waals surface area contributed by atoms with Crippen LogP contribution >= 0.6 is 15.9 Å². The molecule has 0 radical (unpaired) electrons. The molecule has 146 valence electrons. The van der Waals surface area contributed by atoms with Crippen molar-refractivity contribution in [2.75, 3.05) is 11.5 Å². The lowest BCUT2D eigenvalue weighted by Gasteiger charge is -2.29. The van der Waals surface area contributed by atoms with Gasteiger partial charge in [0.05, 0.1) is 17.9 Å². The van der Waals surface area contributed by atoms with Gasteiger partial charge in [-0.05, 0) is 31.5 Å². The van der Waals surface area contributed by atoms with Gasteiger partial charge in [-0.1, -0.05) is 15.9 Å². The maximum Gasteiger partial charge on any atom is 0.318 e. The predicted molar refractivity (Wildman–Crippen MR) is 101 cm³/mol. The molecule has 1 spiro atoms. The number of benzene rings is 1. The largest absolute Gasteiger partial charge is 0.475 e. The molecule has 0 saturated heterocycles. The van der Waals surface area contributed by atoms with Crippen molar-refractivity contribution >= 4 is 45.2 Å². The second-order valence-electron chi connectivity index (χ2n) is 6.96. The van der Waals surface area contributed by atoms with E-state index in [1.165, 1.54) is 6.92 Å². The van der Waals surface area contributed by atoms with Crippen molar-refractivity contribution in [1.29, 1.82) is 0 Å². The van der Waals surface area contributed by atoms with Crippen molar-refractivity contribution in [2.24, 2.45) is 5.92 Å². The number of Topliss-reactive ketones (excluding diaryl/α,β-unsaturated/α-hetero) is 1. The molecule has 28 heavy (non-hydrogen) atoms. The van der Waals surface area contributed by atoms with E-state index in [1.54, 1.807) is 25.1 Å². The lowest BCUT2D eigenvalue weighted by molar-refractivity contribution is -0.161. The Labute approximate surface area is 169 Å². The highest BCUT2D eigenvalue weighted by molar-refractivity contribution is 9.10. The van der Waals surface area contributed by atoms with Gasteiger partial charge in [-0.15, -0.1) is 0 Å². The number of anilines is 1. The third-order valence-electron chi connectivity index (χ3n) is 5.35. The maximum atomic E-state index is 13.5. The van der Waals surface area contributed by atoms with Crippen molar-refractivity contribution in [3.05, 3.63) is 39.6 Å². The van der Waals surface area contributed by atoms with Gasteiger partial charge >= 0.3 is 5.97 Å². The topological polar surface area (TPSA) is 90.0 Å². The standard InChI is InChI=1S/C20H18BrNO6/c1-3-27-18(25)17-16-14(24)5-4-6-15(16)28-20(17)12-9-11(21)7-8-13(12)22(10(2)23)19(20)26/h7-9,17H,3-6H2,1-2H3. The highest BCUT2D eigenvalue weighted by atomic mass is 79.9. The summed E-state index contributed by atoms with van der Waals surface area (Å²) in [5.74, 6) is -2.98. The smallest absolute Gasteiger partial charge is 0.318 e. The van der Waals surface area contributed by atoms with Crippen LogP contribution in [-0.2, 0) is 34.3 Å². The maximum absolute atomic E-state index is 13.5. The number of ketones is 1. The summed E-state index contributed by atoms with van der Waals surface area (Å²) in [5, 5.41) is 0. The quantitative estimate of drug-likeness (QED) is 0.647. The molecule has 0 saturated carbocycles. The van der Waals surface area contributed by atoms with E-state index in [4.69, 9.17) is 9.47 Å². The second-order valence-corrected chi connectivity index (χ2v) is 7.87. The Bertz CT molecular complexity index is 967. The van der Waals surface area contributed by atoms with Crippen LogP contribution in [-0.4, -0.2) is 30.2 Å². The third kappa shape index (κ3) is 2.40. The number of carbonyl (C=O) groups is 4. The number of esters is 1. The minimum atomic E-state index is -1.80. The first-order valence-corrected chi connectivity index (χ1v) is 9.89. The van der Waals surface area contributed by atoms with Crippen LogP contribution in [0.1, 0.15) is 38.7 Å². The Hall–Kier alpha value is -2.48. The van der Waals surface area contributed by atoms with Gasteiger partial charge in [-0.2, -0.15) is 0 Å². The first kappa shape index (κ1) is 18.9. The van der Waals surface area contributed by atoms with E-state index < -0.39 is 29.3 Å². The van der Waals surface area contributed by atoms with Gasteiger partial charge in [-0.3, -0.25) is 19.2 Å². The molecule has 2 aliphatic heterocycles. The Morgan fingerprint density at radius 2 is 2.07 bits per heavy atom. The Morgan fingerprint density at radius 1 is 1.32 bits per heavy atom. The van der Waals surface area contributed by atoms with Gasteiger partial charge < -0.3 is 9.47 Å². The molecule has 1 aromatic rings. The van der Waals surface area contributed by atoms with Gasteiger partial charge in [-0.25, -0.2) is 4.90 Å². The van der Waals surface area contributed by atoms with Crippen LogP contribution < -0.4 is 4.90 Å². The van der Waals surface area contributed by atoms with E-state index in [0.29, 0.717) is 34.3 Å². The van der Waals surface area contributed by atoms with E-state index in [2.05, 4.69) is 15.9 Å². The summed E-state index contributed by atoms with van der Waals surface area (Å²) in [4.78, 5) is 52.5. The minimum Gasteiger partial charge on any atom is -0.475 e. The molecule has 2 amide bonds. The molecular weight excluding hydrogens is 430 g/mol. The fourth-order valence-electron chi connectivity index (χ4n) is 4.31. The summed E-state index contributed by atoms with van der Waals surface area (Å²) in [6.07, 6.45) is 1.32. The third-order valence-corrected chi connectivity index (χ3v) is 5.84. The number of rotatable bonds is 2. The molecule has 2 unspecified atom stereocenters. The highest BCUT2D eigenvalue weighted by Crippen LogP contribution is 2.57. The van der Waals surface area contributed by atoms with Crippen LogP contribution in [0.3, 0.4) is 0 Å². The van der Waals surface area contributed by atoms with Crippen LogP contribution in [0.15, 0.2) is 34.0 Å². The molecule has 3 aliphatic rings.